The van der Waals surface area contributed by atoms with E-state index >= 15 is 0 Å². The molecule has 6 atom stereocenters. The smallest absolute Gasteiger partial charge is 0.219 e. The van der Waals surface area contributed by atoms with Crippen LogP contribution in [0.4, 0.5) is 4.39 Å². The van der Waals surface area contributed by atoms with Crippen molar-refractivity contribution in [2.45, 2.75) is 103 Å². The molecule has 5 rings (SSSR count). The Morgan fingerprint density at radius 3 is 2.44 bits per heavy atom. The van der Waals surface area contributed by atoms with Crippen LogP contribution < -0.4 is 0 Å². The summed E-state index contributed by atoms with van der Waals surface area (Å²) in [5.41, 5.74) is 0.976. The molecule has 4 fully saturated rings. The number of fused-ring (bicyclic) bond motifs is 4. The summed E-state index contributed by atoms with van der Waals surface area (Å²) < 4.78 is 27.0. The van der Waals surface area contributed by atoms with E-state index in [9.17, 15) is 9.18 Å². The summed E-state index contributed by atoms with van der Waals surface area (Å²) in [5, 5.41) is 0.147. The van der Waals surface area contributed by atoms with Gasteiger partial charge in [-0.15, -0.1) is 0 Å². The van der Waals surface area contributed by atoms with Crippen molar-refractivity contribution in [3.05, 3.63) is 35.6 Å². The van der Waals surface area contributed by atoms with Gasteiger partial charge in [0.25, 0.3) is 0 Å². The SMILES string of the molecule is COC1CCC2C(C1)CC1C2C2(CCN(CCc3ccccc3F)CC2)CN(C(C)=O)[C@H]1CO[Si](C)(C)C(C)(C)C. The van der Waals surface area contributed by atoms with Crippen molar-refractivity contribution in [3.63, 3.8) is 0 Å². The molecule has 230 valence electrons. The molecule has 2 aliphatic heterocycles. The van der Waals surface area contributed by atoms with Gasteiger partial charge in [-0.3, -0.25) is 4.79 Å². The third-order valence-corrected chi connectivity index (χ3v) is 16.7. The molecular formula is C34H55FN2O3Si. The van der Waals surface area contributed by atoms with Crippen molar-refractivity contribution >= 4 is 14.2 Å². The van der Waals surface area contributed by atoms with Crippen LogP contribution in [0.15, 0.2) is 24.3 Å². The van der Waals surface area contributed by atoms with Crippen molar-refractivity contribution < 1.29 is 18.3 Å². The molecule has 4 aliphatic rings. The largest absolute Gasteiger partial charge is 0.415 e. The number of ether oxygens (including phenoxy) is 1. The van der Waals surface area contributed by atoms with Gasteiger partial charge in [0.05, 0.1) is 18.8 Å². The number of carbonyl (C=O) groups excluding carboxylic acids is 1. The molecule has 2 saturated carbocycles. The average molecular weight is 587 g/mol. The summed E-state index contributed by atoms with van der Waals surface area (Å²) >= 11 is 0. The first-order valence-electron chi connectivity index (χ1n) is 16.2. The molecule has 5 nitrogen and oxygen atoms in total. The molecule has 1 spiro atoms. The number of nitrogens with zero attached hydrogens (tertiary/aromatic N) is 2. The van der Waals surface area contributed by atoms with Crippen molar-refractivity contribution in [3.8, 4) is 0 Å². The fourth-order valence-electron chi connectivity index (χ4n) is 8.88. The molecule has 1 amide bonds. The van der Waals surface area contributed by atoms with Crippen LogP contribution in [0, 0.1) is 34.9 Å². The molecule has 0 aromatic heterocycles. The van der Waals surface area contributed by atoms with E-state index in [4.69, 9.17) is 9.16 Å². The lowest BCUT2D eigenvalue weighted by Crippen LogP contribution is -2.63. The molecule has 1 aromatic carbocycles. The van der Waals surface area contributed by atoms with Gasteiger partial charge in [0.2, 0.25) is 5.91 Å². The maximum absolute atomic E-state index is 14.3. The second kappa shape index (κ2) is 12.0. The van der Waals surface area contributed by atoms with Gasteiger partial charge in [-0.05, 0) is 117 Å². The third kappa shape index (κ3) is 6.20. The maximum Gasteiger partial charge on any atom is 0.219 e. The molecule has 2 heterocycles. The number of rotatable bonds is 7. The van der Waals surface area contributed by atoms with Crippen molar-refractivity contribution in [2.24, 2.45) is 29.1 Å². The number of carbonyl (C=O) groups is 1. The summed E-state index contributed by atoms with van der Waals surface area (Å²) in [6, 6.07) is 7.35. The van der Waals surface area contributed by atoms with Crippen LogP contribution in [0.2, 0.25) is 18.1 Å². The van der Waals surface area contributed by atoms with Gasteiger partial charge >= 0.3 is 0 Å². The molecule has 41 heavy (non-hydrogen) atoms. The number of methoxy groups -OCH3 is 1. The lowest BCUT2D eigenvalue weighted by molar-refractivity contribution is -0.151. The second-order valence-electron chi connectivity index (χ2n) is 15.4. The van der Waals surface area contributed by atoms with Gasteiger partial charge in [-0.2, -0.15) is 0 Å². The van der Waals surface area contributed by atoms with Gasteiger partial charge in [-0.25, -0.2) is 4.39 Å². The molecule has 5 unspecified atom stereocenters. The van der Waals surface area contributed by atoms with Crippen LogP contribution in [-0.4, -0.2) is 76.1 Å². The highest BCUT2D eigenvalue weighted by Crippen LogP contribution is 2.62. The molecule has 1 aromatic rings. The first kappa shape index (κ1) is 31.2. The monoisotopic (exact) mass is 586 g/mol. The van der Waals surface area contributed by atoms with E-state index in [1.807, 2.05) is 19.2 Å². The third-order valence-electron chi connectivity index (χ3n) is 12.2. The number of hydrogen-bond donors (Lipinski definition) is 0. The summed E-state index contributed by atoms with van der Waals surface area (Å²) in [7, 11) is -0.0682. The van der Waals surface area contributed by atoms with Crippen molar-refractivity contribution in [2.75, 3.05) is 39.9 Å². The van der Waals surface area contributed by atoms with Crippen LogP contribution in [0.25, 0.3) is 0 Å². The molecule has 0 radical (unpaired) electrons. The van der Waals surface area contributed by atoms with Crippen molar-refractivity contribution in [1.29, 1.82) is 0 Å². The zero-order valence-corrected chi connectivity index (χ0v) is 27.8. The van der Waals surface area contributed by atoms with E-state index < -0.39 is 8.32 Å². The van der Waals surface area contributed by atoms with Crippen LogP contribution in [0.5, 0.6) is 0 Å². The van der Waals surface area contributed by atoms with E-state index in [0.29, 0.717) is 30.5 Å². The Morgan fingerprint density at radius 1 is 1.10 bits per heavy atom. The molecule has 7 heteroatoms. The summed E-state index contributed by atoms with van der Waals surface area (Å²) in [6.45, 7) is 17.9. The first-order valence-corrected chi connectivity index (χ1v) is 19.2. The predicted molar refractivity (Wildman–Crippen MR) is 166 cm³/mol. The zero-order valence-electron chi connectivity index (χ0n) is 26.8. The van der Waals surface area contributed by atoms with Crippen LogP contribution in [0.3, 0.4) is 0 Å². The highest BCUT2D eigenvalue weighted by molar-refractivity contribution is 6.74. The van der Waals surface area contributed by atoms with Crippen LogP contribution in [0.1, 0.15) is 71.8 Å². The standard InChI is InChI=1S/C34H55FN2O3Si/c1-24(38)37-23-34(15-18-36(19-16-34)17-14-25-10-8-9-11-30(25)35)32-28-13-12-27(39-5)20-26(28)21-29(32)31(37)22-40-41(6,7)33(2,3)4/h8-11,26-29,31-32H,12-23H2,1-7H3/t26?,27?,28?,29?,31-,32?/m0/s1. The molecule has 0 bridgehead atoms. The van der Waals surface area contributed by atoms with E-state index in [0.717, 1.165) is 69.8 Å². The maximum atomic E-state index is 14.3. The Labute approximate surface area is 249 Å². The molecular weight excluding hydrogens is 531 g/mol. The Hall–Kier alpha value is -1.28. The van der Waals surface area contributed by atoms with Crippen LogP contribution >= 0.6 is 0 Å². The number of halogens is 1. The predicted octanol–water partition coefficient (Wildman–Crippen LogP) is 6.77. The van der Waals surface area contributed by atoms with Gasteiger partial charge in [0.1, 0.15) is 5.82 Å². The Morgan fingerprint density at radius 2 is 1.80 bits per heavy atom. The van der Waals surface area contributed by atoms with Gasteiger partial charge < -0.3 is 19.0 Å². The quantitative estimate of drug-likeness (QED) is 0.331. The Kier molecular flexibility index (Phi) is 9.13. The van der Waals surface area contributed by atoms with Crippen LogP contribution in [-0.2, 0) is 20.4 Å². The van der Waals surface area contributed by atoms with E-state index in [2.05, 4.69) is 43.7 Å². The molecule has 2 saturated heterocycles. The highest BCUT2D eigenvalue weighted by atomic mass is 28.4. The second-order valence-corrected chi connectivity index (χ2v) is 20.2. The Balaban J connectivity index is 1.37. The average Bonchev–Trinajstić information content (AvgIpc) is 3.32. The first-order chi connectivity index (χ1) is 19.3. The Bertz CT molecular complexity index is 1070. The normalized spacial score (nSPS) is 32.1. The van der Waals surface area contributed by atoms with Gasteiger partial charge in [0.15, 0.2) is 8.32 Å². The number of benzene rings is 1. The fraction of sp³-hybridized carbons (Fsp3) is 0.794. The number of amides is 1. The number of piperidine rings is 2. The van der Waals surface area contributed by atoms with E-state index in [1.165, 1.54) is 12.8 Å². The minimum absolute atomic E-state index is 0.0946. The van der Waals surface area contributed by atoms with E-state index in [-0.39, 0.29) is 28.2 Å². The van der Waals surface area contributed by atoms with Crippen molar-refractivity contribution in [1.82, 2.24) is 9.80 Å². The topological polar surface area (TPSA) is 42.0 Å². The van der Waals surface area contributed by atoms with E-state index in [1.54, 1.807) is 19.1 Å². The fourth-order valence-corrected chi connectivity index (χ4v) is 9.90. The summed E-state index contributed by atoms with van der Waals surface area (Å²) in [5.74, 6) is 2.65. The molecule has 0 N–H and O–H groups in total. The number of likely N-dealkylation sites (tertiary alicyclic amines) is 2. The summed E-state index contributed by atoms with van der Waals surface area (Å²) in [6.07, 6.45) is 8.15. The minimum atomic E-state index is -1.94. The molecule has 2 aliphatic carbocycles. The van der Waals surface area contributed by atoms with Gasteiger partial charge in [-0.1, -0.05) is 39.0 Å². The zero-order chi connectivity index (χ0) is 29.6. The lowest BCUT2D eigenvalue weighted by atomic mass is 9.57. The highest BCUT2D eigenvalue weighted by Gasteiger charge is 2.61. The number of hydrogen-bond acceptors (Lipinski definition) is 4. The lowest BCUT2D eigenvalue weighted by Gasteiger charge is -2.58. The minimum Gasteiger partial charge on any atom is -0.415 e. The van der Waals surface area contributed by atoms with Gasteiger partial charge in [0, 0.05) is 27.1 Å². The summed E-state index contributed by atoms with van der Waals surface area (Å²) in [4.78, 5) is 18.1.